The van der Waals surface area contributed by atoms with Crippen LogP contribution in [0.1, 0.15) is 12.8 Å². The first-order valence-corrected chi connectivity index (χ1v) is 7.04. The standard InChI is InChI=1S/C16H17N3O2/c1-19-9-8-12(10-15(19)20)16(21)18-14-7-6-11-4-2-3-5-13(11)17-14/h2-7,12H,8-10H2,1H3,(H,17,18,21)/t12-/m0/s1. The summed E-state index contributed by atoms with van der Waals surface area (Å²) in [4.78, 5) is 30.0. The smallest absolute Gasteiger partial charge is 0.229 e. The molecule has 0 aliphatic carbocycles. The molecule has 2 aromatic rings. The molecule has 1 saturated heterocycles. The number of anilines is 1. The van der Waals surface area contributed by atoms with Gasteiger partial charge in [-0.2, -0.15) is 0 Å². The summed E-state index contributed by atoms with van der Waals surface area (Å²) in [6.45, 7) is 0.627. The predicted octanol–water partition coefficient (Wildman–Crippen LogP) is 2.04. The van der Waals surface area contributed by atoms with E-state index in [1.54, 1.807) is 18.0 Å². The summed E-state index contributed by atoms with van der Waals surface area (Å²) in [7, 11) is 1.77. The number of hydrogen-bond donors (Lipinski definition) is 1. The number of amides is 2. The van der Waals surface area contributed by atoms with Crippen LogP contribution in [0, 0.1) is 5.92 Å². The highest BCUT2D eigenvalue weighted by atomic mass is 16.2. The highest BCUT2D eigenvalue weighted by molar-refractivity contribution is 5.96. The Balaban J connectivity index is 1.72. The summed E-state index contributed by atoms with van der Waals surface area (Å²) < 4.78 is 0. The van der Waals surface area contributed by atoms with Gasteiger partial charge < -0.3 is 10.2 Å². The number of para-hydroxylation sites is 1. The first kappa shape index (κ1) is 13.5. The van der Waals surface area contributed by atoms with Crippen LogP contribution in [-0.4, -0.2) is 35.3 Å². The molecule has 2 heterocycles. The Kier molecular flexibility index (Phi) is 3.56. The molecule has 0 saturated carbocycles. The zero-order valence-electron chi connectivity index (χ0n) is 11.9. The predicted molar refractivity (Wildman–Crippen MR) is 80.7 cm³/mol. The topological polar surface area (TPSA) is 62.3 Å². The highest BCUT2D eigenvalue weighted by Gasteiger charge is 2.28. The Morgan fingerprint density at radius 2 is 2.10 bits per heavy atom. The van der Waals surface area contributed by atoms with Gasteiger partial charge in [-0.05, 0) is 24.6 Å². The van der Waals surface area contributed by atoms with Gasteiger partial charge in [-0.25, -0.2) is 4.98 Å². The normalized spacial score (nSPS) is 18.8. The molecule has 2 amide bonds. The third kappa shape index (κ3) is 2.86. The first-order valence-electron chi connectivity index (χ1n) is 7.04. The number of nitrogens with one attached hydrogen (secondary N) is 1. The third-order valence-corrected chi connectivity index (χ3v) is 3.88. The van der Waals surface area contributed by atoms with Crippen molar-refractivity contribution in [2.45, 2.75) is 12.8 Å². The van der Waals surface area contributed by atoms with Crippen LogP contribution in [0.4, 0.5) is 5.82 Å². The molecule has 108 valence electrons. The summed E-state index contributed by atoms with van der Waals surface area (Å²) in [5.41, 5.74) is 0.842. The van der Waals surface area contributed by atoms with Gasteiger partial charge >= 0.3 is 0 Å². The Bertz CT molecular complexity index is 699. The number of carbonyl (C=O) groups is 2. The van der Waals surface area contributed by atoms with E-state index in [2.05, 4.69) is 10.3 Å². The summed E-state index contributed by atoms with van der Waals surface area (Å²) in [6.07, 6.45) is 0.970. The van der Waals surface area contributed by atoms with Crippen molar-refractivity contribution in [2.75, 3.05) is 18.9 Å². The maximum atomic E-state index is 12.2. The SMILES string of the molecule is CN1CC[C@H](C(=O)Nc2ccc3ccccc3n2)CC1=O. The van der Waals surface area contributed by atoms with Crippen molar-refractivity contribution in [3.05, 3.63) is 36.4 Å². The molecule has 0 spiro atoms. The number of carbonyl (C=O) groups excluding carboxylic acids is 2. The van der Waals surface area contributed by atoms with Crippen molar-refractivity contribution in [1.29, 1.82) is 0 Å². The molecule has 1 fully saturated rings. The molecular formula is C16H17N3O2. The number of fused-ring (bicyclic) bond motifs is 1. The van der Waals surface area contributed by atoms with Crippen LogP contribution >= 0.6 is 0 Å². The van der Waals surface area contributed by atoms with E-state index in [1.165, 1.54) is 0 Å². The zero-order valence-corrected chi connectivity index (χ0v) is 11.9. The van der Waals surface area contributed by atoms with Crippen molar-refractivity contribution < 1.29 is 9.59 Å². The van der Waals surface area contributed by atoms with Crippen molar-refractivity contribution in [1.82, 2.24) is 9.88 Å². The minimum atomic E-state index is -0.262. The Morgan fingerprint density at radius 3 is 2.90 bits per heavy atom. The second kappa shape index (κ2) is 5.52. The number of piperidine rings is 1. The molecule has 21 heavy (non-hydrogen) atoms. The Labute approximate surface area is 123 Å². The number of aromatic nitrogens is 1. The molecule has 1 aromatic carbocycles. The van der Waals surface area contributed by atoms with Crippen LogP contribution in [0.5, 0.6) is 0 Å². The van der Waals surface area contributed by atoms with Crippen LogP contribution < -0.4 is 5.32 Å². The quantitative estimate of drug-likeness (QED) is 0.917. The monoisotopic (exact) mass is 283 g/mol. The molecule has 3 rings (SSSR count). The molecule has 1 atom stereocenters. The summed E-state index contributed by atoms with van der Waals surface area (Å²) in [6, 6.07) is 11.5. The minimum absolute atomic E-state index is 0.0212. The van der Waals surface area contributed by atoms with Gasteiger partial charge in [-0.1, -0.05) is 18.2 Å². The number of likely N-dealkylation sites (tertiary alicyclic amines) is 1. The Morgan fingerprint density at radius 1 is 1.29 bits per heavy atom. The maximum Gasteiger partial charge on any atom is 0.229 e. The van der Waals surface area contributed by atoms with E-state index < -0.39 is 0 Å². The first-order chi connectivity index (χ1) is 10.1. The van der Waals surface area contributed by atoms with E-state index in [4.69, 9.17) is 0 Å². The fraction of sp³-hybridized carbons (Fsp3) is 0.312. The molecule has 0 bridgehead atoms. The van der Waals surface area contributed by atoms with Gasteiger partial charge in [0.15, 0.2) is 0 Å². The number of hydrogen-bond acceptors (Lipinski definition) is 3. The molecule has 1 N–H and O–H groups in total. The van der Waals surface area contributed by atoms with E-state index in [-0.39, 0.29) is 24.2 Å². The van der Waals surface area contributed by atoms with E-state index in [9.17, 15) is 9.59 Å². The van der Waals surface area contributed by atoms with Crippen molar-refractivity contribution >= 4 is 28.5 Å². The number of pyridine rings is 1. The summed E-state index contributed by atoms with van der Waals surface area (Å²) in [5, 5.41) is 3.85. The Hall–Kier alpha value is -2.43. The minimum Gasteiger partial charge on any atom is -0.346 e. The van der Waals surface area contributed by atoms with Crippen LogP contribution in [-0.2, 0) is 9.59 Å². The molecule has 1 aromatic heterocycles. The molecule has 5 nitrogen and oxygen atoms in total. The second-order valence-corrected chi connectivity index (χ2v) is 5.38. The van der Waals surface area contributed by atoms with Crippen molar-refractivity contribution in [3.8, 4) is 0 Å². The van der Waals surface area contributed by atoms with Gasteiger partial charge in [0.2, 0.25) is 11.8 Å². The van der Waals surface area contributed by atoms with Gasteiger partial charge in [-0.3, -0.25) is 9.59 Å². The van der Waals surface area contributed by atoms with Crippen LogP contribution in [0.3, 0.4) is 0 Å². The lowest BCUT2D eigenvalue weighted by Crippen LogP contribution is -2.39. The lowest BCUT2D eigenvalue weighted by molar-refractivity contribution is -0.137. The van der Waals surface area contributed by atoms with Gasteiger partial charge in [0.05, 0.1) is 5.52 Å². The van der Waals surface area contributed by atoms with E-state index in [1.807, 2.05) is 30.3 Å². The van der Waals surface area contributed by atoms with Crippen LogP contribution in [0.2, 0.25) is 0 Å². The number of rotatable bonds is 2. The van der Waals surface area contributed by atoms with Gasteiger partial charge in [-0.15, -0.1) is 0 Å². The fourth-order valence-electron chi connectivity index (χ4n) is 2.53. The number of benzene rings is 1. The van der Waals surface area contributed by atoms with E-state index in [0.29, 0.717) is 18.8 Å². The highest BCUT2D eigenvalue weighted by Crippen LogP contribution is 2.20. The molecule has 1 aliphatic heterocycles. The lowest BCUT2D eigenvalue weighted by atomic mass is 9.95. The molecule has 1 aliphatic rings. The van der Waals surface area contributed by atoms with E-state index in [0.717, 1.165) is 10.9 Å². The van der Waals surface area contributed by atoms with Gasteiger partial charge in [0, 0.05) is 31.3 Å². The molecule has 0 radical (unpaired) electrons. The van der Waals surface area contributed by atoms with Crippen LogP contribution in [0.15, 0.2) is 36.4 Å². The fourth-order valence-corrected chi connectivity index (χ4v) is 2.53. The average Bonchev–Trinajstić information content (AvgIpc) is 2.50. The summed E-state index contributed by atoms with van der Waals surface area (Å²) >= 11 is 0. The summed E-state index contributed by atoms with van der Waals surface area (Å²) in [5.74, 6) is 0.166. The van der Waals surface area contributed by atoms with Gasteiger partial charge in [0.1, 0.15) is 5.82 Å². The average molecular weight is 283 g/mol. The van der Waals surface area contributed by atoms with Gasteiger partial charge in [0.25, 0.3) is 0 Å². The molecule has 0 unspecified atom stereocenters. The molecular weight excluding hydrogens is 266 g/mol. The lowest BCUT2D eigenvalue weighted by Gasteiger charge is -2.27. The second-order valence-electron chi connectivity index (χ2n) is 5.38. The zero-order chi connectivity index (χ0) is 14.8. The number of nitrogens with zero attached hydrogens (tertiary/aromatic N) is 2. The maximum absolute atomic E-state index is 12.2. The van der Waals surface area contributed by atoms with Crippen molar-refractivity contribution in [3.63, 3.8) is 0 Å². The van der Waals surface area contributed by atoms with Crippen molar-refractivity contribution in [2.24, 2.45) is 5.92 Å². The van der Waals surface area contributed by atoms with E-state index >= 15 is 0 Å². The largest absolute Gasteiger partial charge is 0.346 e. The molecule has 5 heteroatoms. The third-order valence-electron chi connectivity index (χ3n) is 3.88. The van der Waals surface area contributed by atoms with Crippen LogP contribution in [0.25, 0.3) is 10.9 Å².